The van der Waals surface area contributed by atoms with Gasteiger partial charge in [0.15, 0.2) is 0 Å². The highest BCUT2D eigenvalue weighted by Gasteiger charge is 2.30. The quantitative estimate of drug-likeness (QED) is 0.868. The van der Waals surface area contributed by atoms with Crippen molar-refractivity contribution in [2.75, 3.05) is 11.9 Å². The molecule has 5 nitrogen and oxygen atoms in total. The molecule has 22 heavy (non-hydrogen) atoms. The van der Waals surface area contributed by atoms with Gasteiger partial charge in [-0.15, -0.1) is 12.4 Å². The van der Waals surface area contributed by atoms with Crippen LogP contribution in [-0.2, 0) is 9.53 Å². The van der Waals surface area contributed by atoms with Gasteiger partial charge < -0.3 is 20.5 Å². The molecule has 0 unspecified atom stereocenters. The van der Waals surface area contributed by atoms with Crippen LogP contribution in [0.1, 0.15) is 26.7 Å². The molecule has 0 aliphatic carbocycles. The Hall–Kier alpha value is -1.37. The lowest BCUT2D eigenvalue weighted by Crippen LogP contribution is -2.30. The van der Waals surface area contributed by atoms with Gasteiger partial charge in [0.25, 0.3) is 5.91 Å². The second kappa shape index (κ2) is 8.31. The lowest BCUT2D eigenvalue weighted by atomic mass is 10.2. The molecule has 1 amide bonds. The van der Waals surface area contributed by atoms with Gasteiger partial charge in [-0.25, -0.2) is 4.39 Å². The first kappa shape index (κ1) is 18.7. The van der Waals surface area contributed by atoms with E-state index in [0.29, 0.717) is 24.4 Å². The monoisotopic (exact) mass is 332 g/mol. The van der Waals surface area contributed by atoms with Gasteiger partial charge in [0, 0.05) is 12.6 Å². The Morgan fingerprint density at radius 2 is 2.23 bits per heavy atom. The predicted molar refractivity (Wildman–Crippen MR) is 85.0 cm³/mol. The van der Waals surface area contributed by atoms with Gasteiger partial charge in [-0.2, -0.15) is 0 Å². The molecule has 0 bridgehead atoms. The molecule has 1 heterocycles. The molecule has 1 aliphatic rings. The number of carbonyl (C=O) groups is 1. The number of ether oxygens (including phenoxy) is 2. The summed E-state index contributed by atoms with van der Waals surface area (Å²) in [5.41, 5.74) is 5.83. The summed E-state index contributed by atoms with van der Waals surface area (Å²) in [6.07, 6.45) is 0.667. The zero-order valence-corrected chi connectivity index (χ0v) is 13.5. The van der Waals surface area contributed by atoms with Crippen molar-refractivity contribution < 1.29 is 18.7 Å². The number of halogens is 2. The largest absolute Gasteiger partial charge is 0.489 e. The third kappa shape index (κ3) is 4.83. The minimum atomic E-state index is -0.547. The van der Waals surface area contributed by atoms with Crippen molar-refractivity contribution in [1.29, 1.82) is 0 Å². The van der Waals surface area contributed by atoms with Gasteiger partial charge in [-0.3, -0.25) is 4.79 Å². The highest BCUT2D eigenvalue weighted by molar-refractivity contribution is 5.95. The maximum Gasteiger partial charge on any atom is 0.253 e. The summed E-state index contributed by atoms with van der Waals surface area (Å²) >= 11 is 0. The molecule has 2 atom stereocenters. The molecule has 1 aromatic carbocycles. The smallest absolute Gasteiger partial charge is 0.253 e. The minimum absolute atomic E-state index is 0. The number of amides is 1. The van der Waals surface area contributed by atoms with Crippen LogP contribution < -0.4 is 15.8 Å². The summed E-state index contributed by atoms with van der Waals surface area (Å²) in [6.45, 7) is 4.12. The summed E-state index contributed by atoms with van der Waals surface area (Å²) in [5.74, 6) is -0.299. The number of carbonyl (C=O) groups excluding carboxylic acids is 1. The van der Waals surface area contributed by atoms with Crippen molar-refractivity contribution in [3.8, 4) is 5.75 Å². The molecule has 0 aromatic heterocycles. The first-order chi connectivity index (χ1) is 9.99. The number of hydrogen-bond acceptors (Lipinski definition) is 4. The van der Waals surface area contributed by atoms with Crippen LogP contribution in [0.3, 0.4) is 0 Å². The molecule has 1 fully saturated rings. The van der Waals surface area contributed by atoms with Gasteiger partial charge in [-0.05, 0) is 38.8 Å². The number of rotatable bonds is 5. The SMILES string of the molecule is CC(C)Oc1ccc(F)cc1NC(=O)[C@@H]1CC[C@H](CN)O1.Cl. The lowest BCUT2D eigenvalue weighted by molar-refractivity contribution is -0.126. The van der Waals surface area contributed by atoms with Crippen molar-refractivity contribution >= 4 is 24.0 Å². The van der Waals surface area contributed by atoms with Gasteiger partial charge in [0.1, 0.15) is 17.7 Å². The maximum absolute atomic E-state index is 13.4. The second-order valence-electron chi connectivity index (χ2n) is 5.36. The molecule has 124 valence electrons. The van der Waals surface area contributed by atoms with E-state index in [9.17, 15) is 9.18 Å². The molecule has 1 aromatic rings. The summed E-state index contributed by atoms with van der Waals surface area (Å²) < 4.78 is 24.5. The highest BCUT2D eigenvalue weighted by atomic mass is 35.5. The molecule has 0 saturated carbocycles. The van der Waals surface area contributed by atoms with Gasteiger partial charge in [0.2, 0.25) is 0 Å². The predicted octanol–water partition coefficient (Wildman–Crippen LogP) is 2.48. The topological polar surface area (TPSA) is 73.6 Å². The van der Waals surface area contributed by atoms with Crippen LogP contribution >= 0.6 is 12.4 Å². The first-order valence-electron chi connectivity index (χ1n) is 7.12. The maximum atomic E-state index is 13.4. The molecule has 3 N–H and O–H groups in total. The first-order valence-corrected chi connectivity index (χ1v) is 7.12. The third-order valence-corrected chi connectivity index (χ3v) is 3.23. The van der Waals surface area contributed by atoms with Gasteiger partial charge in [-0.1, -0.05) is 0 Å². The van der Waals surface area contributed by atoms with Crippen LogP contribution in [0, 0.1) is 5.82 Å². The number of nitrogens with one attached hydrogen (secondary N) is 1. The van der Waals surface area contributed by atoms with E-state index in [2.05, 4.69) is 5.32 Å². The minimum Gasteiger partial charge on any atom is -0.489 e. The molecular weight excluding hydrogens is 311 g/mol. The Morgan fingerprint density at radius 1 is 1.50 bits per heavy atom. The van der Waals surface area contributed by atoms with E-state index >= 15 is 0 Å². The number of nitrogens with two attached hydrogens (primary N) is 1. The van der Waals surface area contributed by atoms with Gasteiger partial charge >= 0.3 is 0 Å². The van der Waals surface area contributed by atoms with Crippen molar-refractivity contribution in [1.82, 2.24) is 0 Å². The highest BCUT2D eigenvalue weighted by Crippen LogP contribution is 2.28. The molecule has 7 heteroatoms. The van der Waals surface area contributed by atoms with Crippen LogP contribution in [0.5, 0.6) is 5.75 Å². The van der Waals surface area contributed by atoms with Crippen molar-refractivity contribution in [2.24, 2.45) is 5.73 Å². The summed E-state index contributed by atoms with van der Waals surface area (Å²) in [5, 5.41) is 2.67. The van der Waals surface area contributed by atoms with Crippen LogP contribution in [-0.4, -0.2) is 30.8 Å². The van der Waals surface area contributed by atoms with Crippen molar-refractivity contribution in [3.63, 3.8) is 0 Å². The van der Waals surface area contributed by atoms with Crippen LogP contribution in [0.4, 0.5) is 10.1 Å². The Labute approximate surface area is 135 Å². The van der Waals surface area contributed by atoms with Crippen molar-refractivity contribution in [2.45, 2.75) is 45.0 Å². The van der Waals surface area contributed by atoms with Crippen LogP contribution in [0.25, 0.3) is 0 Å². The summed E-state index contributed by atoms with van der Waals surface area (Å²) in [6, 6.07) is 4.04. The molecule has 2 rings (SSSR count). The standard InChI is InChI=1S/C15H21FN2O3.ClH/c1-9(2)20-13-5-3-10(16)7-12(13)18-15(19)14-6-4-11(8-17)21-14;/h3,5,7,9,11,14H,4,6,8,17H2,1-2H3,(H,18,19);1H/t11-,14+;/m1./s1. The Balaban J connectivity index is 0.00000242. The zero-order valence-electron chi connectivity index (χ0n) is 12.7. The molecule has 1 saturated heterocycles. The van der Waals surface area contributed by atoms with E-state index in [-0.39, 0.29) is 30.5 Å². The number of benzene rings is 1. The van der Waals surface area contributed by atoms with E-state index in [0.717, 1.165) is 6.42 Å². The van der Waals surface area contributed by atoms with E-state index < -0.39 is 11.9 Å². The van der Waals surface area contributed by atoms with E-state index in [1.807, 2.05) is 13.8 Å². The zero-order chi connectivity index (χ0) is 15.4. The Bertz CT molecular complexity index is 514. The Morgan fingerprint density at radius 3 is 2.82 bits per heavy atom. The number of hydrogen-bond donors (Lipinski definition) is 2. The lowest BCUT2D eigenvalue weighted by Gasteiger charge is -2.17. The fraction of sp³-hybridized carbons (Fsp3) is 0.533. The van der Waals surface area contributed by atoms with E-state index in [4.69, 9.17) is 15.2 Å². The van der Waals surface area contributed by atoms with Gasteiger partial charge in [0.05, 0.1) is 17.9 Å². The summed E-state index contributed by atoms with van der Waals surface area (Å²) in [7, 11) is 0. The van der Waals surface area contributed by atoms with Crippen LogP contribution in [0.15, 0.2) is 18.2 Å². The molecule has 0 radical (unpaired) electrons. The molecule has 1 aliphatic heterocycles. The third-order valence-electron chi connectivity index (χ3n) is 3.23. The van der Waals surface area contributed by atoms with Crippen LogP contribution in [0.2, 0.25) is 0 Å². The number of anilines is 1. The fourth-order valence-corrected chi connectivity index (χ4v) is 2.24. The Kier molecular flexibility index (Phi) is 7.06. The van der Waals surface area contributed by atoms with E-state index in [1.165, 1.54) is 18.2 Å². The average Bonchev–Trinajstić information content (AvgIpc) is 2.90. The molecular formula is C15H22ClFN2O3. The fourth-order valence-electron chi connectivity index (χ4n) is 2.24. The van der Waals surface area contributed by atoms with Crippen molar-refractivity contribution in [3.05, 3.63) is 24.0 Å². The second-order valence-corrected chi connectivity index (χ2v) is 5.36. The summed E-state index contributed by atoms with van der Waals surface area (Å²) in [4.78, 5) is 12.2. The molecule has 0 spiro atoms. The average molecular weight is 333 g/mol. The van der Waals surface area contributed by atoms with E-state index in [1.54, 1.807) is 0 Å². The normalized spacial score (nSPS) is 20.6.